The predicted molar refractivity (Wildman–Crippen MR) is 111 cm³/mol. The molecular weight excluding hydrogens is 392 g/mol. The van der Waals surface area contributed by atoms with Crippen molar-refractivity contribution in [1.82, 2.24) is 4.31 Å². The number of amides is 1. The van der Waals surface area contributed by atoms with Crippen LogP contribution in [0.5, 0.6) is 0 Å². The number of aryl methyl sites for hydroxylation is 1. The van der Waals surface area contributed by atoms with Crippen molar-refractivity contribution < 1.29 is 22.7 Å². The fraction of sp³-hybridized carbons (Fsp3) is 0.333. The summed E-state index contributed by atoms with van der Waals surface area (Å²) in [6.45, 7) is 4.42. The predicted octanol–water partition coefficient (Wildman–Crippen LogP) is 3.08. The second-order valence-electron chi connectivity index (χ2n) is 6.32. The lowest BCUT2D eigenvalue weighted by molar-refractivity contribution is -0.116. The highest BCUT2D eigenvalue weighted by atomic mass is 32.2. The zero-order valence-electron chi connectivity index (χ0n) is 16.8. The Balaban J connectivity index is 2.01. The fourth-order valence-electron chi connectivity index (χ4n) is 2.89. The molecule has 0 aliphatic carbocycles. The molecule has 8 heteroatoms. The first kappa shape index (κ1) is 22.6. The molecule has 0 spiro atoms. The number of nitrogens with one attached hydrogen (secondary N) is 1. The molecule has 0 aliphatic heterocycles. The van der Waals surface area contributed by atoms with E-state index in [0.29, 0.717) is 25.2 Å². The summed E-state index contributed by atoms with van der Waals surface area (Å²) >= 11 is 0. The fourth-order valence-corrected chi connectivity index (χ4v) is 4.35. The van der Waals surface area contributed by atoms with Crippen LogP contribution in [0.25, 0.3) is 0 Å². The molecule has 2 aromatic carbocycles. The van der Waals surface area contributed by atoms with Crippen LogP contribution in [0, 0.1) is 0 Å². The number of hydrogen-bond donors (Lipinski definition) is 1. The molecule has 0 saturated carbocycles. The van der Waals surface area contributed by atoms with Crippen molar-refractivity contribution in [3.8, 4) is 0 Å². The molecule has 0 saturated heterocycles. The molecule has 0 atom stereocenters. The smallest absolute Gasteiger partial charge is 0.339 e. The summed E-state index contributed by atoms with van der Waals surface area (Å²) in [5.74, 6) is -0.771. The third-order valence-corrected chi connectivity index (χ3v) is 6.58. The van der Waals surface area contributed by atoms with Gasteiger partial charge in [-0.1, -0.05) is 38.1 Å². The van der Waals surface area contributed by atoms with Crippen LogP contribution in [0.1, 0.15) is 36.2 Å². The van der Waals surface area contributed by atoms with Crippen LogP contribution in [-0.4, -0.2) is 44.8 Å². The van der Waals surface area contributed by atoms with Gasteiger partial charge in [0.2, 0.25) is 15.9 Å². The number of nitrogens with zero attached hydrogens (tertiary/aromatic N) is 1. The second-order valence-corrected chi connectivity index (χ2v) is 8.26. The van der Waals surface area contributed by atoms with Crippen molar-refractivity contribution in [2.75, 3.05) is 25.5 Å². The number of carbonyl (C=O) groups is 2. The van der Waals surface area contributed by atoms with Crippen molar-refractivity contribution in [3.63, 3.8) is 0 Å². The Morgan fingerprint density at radius 2 is 1.62 bits per heavy atom. The minimum absolute atomic E-state index is 0.192. The van der Waals surface area contributed by atoms with E-state index in [-0.39, 0.29) is 22.8 Å². The number of benzene rings is 2. The van der Waals surface area contributed by atoms with E-state index < -0.39 is 16.0 Å². The summed E-state index contributed by atoms with van der Waals surface area (Å²) in [7, 11) is -2.21. The highest BCUT2D eigenvalue weighted by Crippen LogP contribution is 2.18. The molecule has 0 radical (unpaired) electrons. The van der Waals surface area contributed by atoms with E-state index in [4.69, 9.17) is 4.74 Å². The number of para-hydroxylation sites is 1. The first-order valence-electron chi connectivity index (χ1n) is 9.39. The Labute approximate surface area is 171 Å². The normalized spacial score (nSPS) is 11.3. The molecule has 29 heavy (non-hydrogen) atoms. The Kier molecular flexibility index (Phi) is 7.92. The van der Waals surface area contributed by atoms with Crippen molar-refractivity contribution in [1.29, 1.82) is 0 Å². The minimum atomic E-state index is -3.50. The molecular formula is C21H26N2O5S. The van der Waals surface area contributed by atoms with Gasteiger partial charge in [-0.25, -0.2) is 13.2 Å². The van der Waals surface area contributed by atoms with E-state index in [2.05, 4.69) is 5.32 Å². The first-order chi connectivity index (χ1) is 13.8. The maximum Gasteiger partial charge on any atom is 0.339 e. The molecule has 0 fully saturated rings. The molecule has 0 aromatic heterocycles. The van der Waals surface area contributed by atoms with Gasteiger partial charge in [0.25, 0.3) is 0 Å². The minimum Gasteiger partial charge on any atom is -0.465 e. The van der Waals surface area contributed by atoms with Crippen molar-refractivity contribution in [2.45, 2.75) is 31.6 Å². The Hall–Kier alpha value is -2.71. The van der Waals surface area contributed by atoms with E-state index in [9.17, 15) is 18.0 Å². The molecule has 2 rings (SSSR count). The summed E-state index contributed by atoms with van der Waals surface area (Å²) in [5.41, 5.74) is 1.53. The van der Waals surface area contributed by atoms with Gasteiger partial charge in [0.05, 0.1) is 23.3 Å². The summed E-state index contributed by atoms with van der Waals surface area (Å²) in [5, 5.41) is 2.72. The SMILES string of the molecule is CCN(CC)S(=O)(=O)c1ccc(CCC(=O)Nc2ccccc2C(=O)OC)cc1. The summed E-state index contributed by atoms with van der Waals surface area (Å²) in [6.07, 6.45) is 0.634. The lowest BCUT2D eigenvalue weighted by Crippen LogP contribution is -2.30. The van der Waals surface area contributed by atoms with Gasteiger partial charge >= 0.3 is 5.97 Å². The maximum atomic E-state index is 12.5. The van der Waals surface area contributed by atoms with Gasteiger partial charge in [0.1, 0.15) is 0 Å². The third-order valence-electron chi connectivity index (χ3n) is 4.51. The third kappa shape index (κ3) is 5.65. The van der Waals surface area contributed by atoms with Crippen LogP contribution >= 0.6 is 0 Å². The van der Waals surface area contributed by atoms with E-state index in [1.165, 1.54) is 11.4 Å². The monoisotopic (exact) mass is 418 g/mol. The van der Waals surface area contributed by atoms with Gasteiger partial charge in [-0.2, -0.15) is 4.31 Å². The molecule has 0 heterocycles. The Morgan fingerprint density at radius 1 is 1.00 bits per heavy atom. The van der Waals surface area contributed by atoms with Crippen LogP contribution in [0.4, 0.5) is 5.69 Å². The topological polar surface area (TPSA) is 92.8 Å². The summed E-state index contributed by atoms with van der Waals surface area (Å²) in [4.78, 5) is 24.3. The van der Waals surface area contributed by atoms with E-state index >= 15 is 0 Å². The molecule has 7 nitrogen and oxygen atoms in total. The van der Waals surface area contributed by atoms with Crippen LogP contribution in [0.3, 0.4) is 0 Å². The van der Waals surface area contributed by atoms with E-state index in [0.717, 1.165) is 5.56 Å². The Morgan fingerprint density at radius 3 is 2.21 bits per heavy atom. The van der Waals surface area contributed by atoms with Gasteiger partial charge in [-0.3, -0.25) is 4.79 Å². The van der Waals surface area contributed by atoms with Gasteiger partial charge < -0.3 is 10.1 Å². The lowest BCUT2D eigenvalue weighted by Gasteiger charge is -2.18. The van der Waals surface area contributed by atoms with Gasteiger partial charge in [-0.15, -0.1) is 0 Å². The molecule has 0 unspecified atom stereocenters. The highest BCUT2D eigenvalue weighted by Gasteiger charge is 2.21. The van der Waals surface area contributed by atoms with Crippen molar-refractivity contribution in [2.24, 2.45) is 0 Å². The number of sulfonamides is 1. The van der Waals surface area contributed by atoms with E-state index in [1.54, 1.807) is 62.4 Å². The van der Waals surface area contributed by atoms with Gasteiger partial charge in [0.15, 0.2) is 0 Å². The molecule has 1 amide bonds. The average molecular weight is 419 g/mol. The van der Waals surface area contributed by atoms with Crippen LogP contribution in [-0.2, 0) is 26.0 Å². The number of anilines is 1. The zero-order valence-corrected chi connectivity index (χ0v) is 17.7. The highest BCUT2D eigenvalue weighted by molar-refractivity contribution is 7.89. The number of esters is 1. The van der Waals surface area contributed by atoms with Crippen molar-refractivity contribution in [3.05, 3.63) is 59.7 Å². The first-order valence-corrected chi connectivity index (χ1v) is 10.8. The average Bonchev–Trinajstić information content (AvgIpc) is 2.73. The summed E-state index contributed by atoms with van der Waals surface area (Å²) in [6, 6.07) is 13.2. The van der Waals surface area contributed by atoms with Crippen LogP contribution in [0.15, 0.2) is 53.4 Å². The lowest BCUT2D eigenvalue weighted by atomic mass is 10.1. The molecule has 0 bridgehead atoms. The zero-order chi connectivity index (χ0) is 21.4. The Bertz CT molecular complexity index is 951. The number of methoxy groups -OCH3 is 1. The second kappa shape index (κ2) is 10.2. The van der Waals surface area contributed by atoms with Gasteiger partial charge in [-0.05, 0) is 36.2 Å². The number of hydrogen-bond acceptors (Lipinski definition) is 5. The maximum absolute atomic E-state index is 12.5. The largest absolute Gasteiger partial charge is 0.465 e. The molecule has 156 valence electrons. The molecule has 0 aliphatic rings. The van der Waals surface area contributed by atoms with E-state index in [1.807, 2.05) is 0 Å². The quantitative estimate of drug-likeness (QED) is 0.632. The van der Waals surface area contributed by atoms with Crippen LogP contribution in [0.2, 0.25) is 0 Å². The molecule has 2 aromatic rings. The van der Waals surface area contributed by atoms with Gasteiger partial charge in [0, 0.05) is 19.5 Å². The standard InChI is InChI=1S/C21H26N2O5S/c1-4-23(5-2)29(26,27)17-13-10-16(11-14-17)12-15-20(24)22-19-9-7-6-8-18(19)21(25)28-3/h6-11,13-14H,4-5,12,15H2,1-3H3,(H,22,24). The van der Waals surface area contributed by atoms with Crippen molar-refractivity contribution >= 4 is 27.6 Å². The number of carbonyl (C=O) groups excluding carboxylic acids is 2. The van der Waals surface area contributed by atoms with Crippen LogP contribution < -0.4 is 5.32 Å². The summed E-state index contributed by atoms with van der Waals surface area (Å²) < 4.78 is 31.1. The number of rotatable bonds is 9. The molecule has 1 N–H and O–H groups in total. The number of ether oxygens (including phenoxy) is 1.